The normalized spacial score (nSPS) is 14.7. The molecule has 0 spiro atoms. The van der Waals surface area contributed by atoms with Crippen LogP contribution in [0, 0.1) is 11.3 Å². The minimum Gasteiger partial charge on any atom is -0.396 e. The molecule has 0 bridgehead atoms. The van der Waals surface area contributed by atoms with Crippen molar-refractivity contribution in [2.75, 3.05) is 13.2 Å². The highest BCUT2D eigenvalue weighted by Crippen LogP contribution is 2.17. The highest BCUT2D eigenvalue weighted by Gasteiger charge is 2.25. The van der Waals surface area contributed by atoms with Crippen LogP contribution in [0.2, 0.25) is 0 Å². The summed E-state index contributed by atoms with van der Waals surface area (Å²) in [7, 11) is 0. The predicted octanol–water partition coefficient (Wildman–Crippen LogP) is 1.82. The molecule has 0 aliphatic rings. The fraction of sp³-hybridized carbons (Fsp3) is 0.909. The van der Waals surface area contributed by atoms with Gasteiger partial charge in [-0.1, -0.05) is 26.7 Å². The maximum Gasteiger partial charge on any atom is 0.106 e. The summed E-state index contributed by atoms with van der Waals surface area (Å²) in [5.41, 5.74) is -0.370. The van der Waals surface area contributed by atoms with Crippen LogP contribution in [0.3, 0.4) is 0 Å². The first kappa shape index (κ1) is 13.4. The lowest BCUT2D eigenvalue weighted by molar-refractivity contribution is 0.273. The van der Waals surface area contributed by atoms with E-state index in [0.717, 1.165) is 38.6 Å². The SMILES string of the molecule is CCCCC(C#N)(CC)NCCCO. The van der Waals surface area contributed by atoms with Crippen LogP contribution in [0.1, 0.15) is 46.0 Å². The fourth-order valence-corrected chi connectivity index (χ4v) is 1.45. The van der Waals surface area contributed by atoms with Crippen LogP contribution < -0.4 is 5.32 Å². The molecule has 3 nitrogen and oxygen atoms in total. The van der Waals surface area contributed by atoms with E-state index in [1.54, 1.807) is 0 Å². The van der Waals surface area contributed by atoms with Gasteiger partial charge in [-0.3, -0.25) is 5.32 Å². The van der Waals surface area contributed by atoms with Crippen LogP contribution in [-0.2, 0) is 0 Å². The summed E-state index contributed by atoms with van der Waals surface area (Å²) >= 11 is 0. The van der Waals surface area contributed by atoms with Crippen LogP contribution in [-0.4, -0.2) is 23.8 Å². The van der Waals surface area contributed by atoms with Crippen molar-refractivity contribution in [3.05, 3.63) is 0 Å². The van der Waals surface area contributed by atoms with Crippen molar-refractivity contribution >= 4 is 0 Å². The molecule has 0 aromatic heterocycles. The van der Waals surface area contributed by atoms with Gasteiger partial charge in [0.1, 0.15) is 5.54 Å². The van der Waals surface area contributed by atoms with Crippen LogP contribution in [0.4, 0.5) is 0 Å². The van der Waals surface area contributed by atoms with Crippen LogP contribution in [0.5, 0.6) is 0 Å². The molecule has 2 N–H and O–H groups in total. The third-order valence-electron chi connectivity index (χ3n) is 2.57. The minimum absolute atomic E-state index is 0.187. The molecule has 0 aliphatic heterocycles. The number of hydrogen-bond donors (Lipinski definition) is 2. The van der Waals surface area contributed by atoms with E-state index in [0.29, 0.717) is 0 Å². The topological polar surface area (TPSA) is 56.0 Å². The van der Waals surface area contributed by atoms with Gasteiger partial charge < -0.3 is 5.11 Å². The summed E-state index contributed by atoms with van der Waals surface area (Å²) in [6.45, 7) is 5.07. The number of rotatable bonds is 8. The number of nitrogens with one attached hydrogen (secondary N) is 1. The van der Waals surface area contributed by atoms with Crippen LogP contribution >= 0.6 is 0 Å². The predicted molar refractivity (Wildman–Crippen MR) is 57.9 cm³/mol. The molecule has 82 valence electrons. The van der Waals surface area contributed by atoms with E-state index in [9.17, 15) is 0 Å². The molecule has 0 saturated heterocycles. The van der Waals surface area contributed by atoms with Crippen LogP contribution in [0.25, 0.3) is 0 Å². The number of nitriles is 1. The van der Waals surface area contributed by atoms with Crippen LogP contribution in [0.15, 0.2) is 0 Å². The zero-order valence-corrected chi connectivity index (χ0v) is 9.34. The first-order valence-corrected chi connectivity index (χ1v) is 5.51. The standard InChI is InChI=1S/C11H22N2O/c1-3-5-7-11(4-2,10-12)13-8-6-9-14/h13-14H,3-9H2,1-2H3. The Kier molecular flexibility index (Phi) is 7.45. The summed E-state index contributed by atoms with van der Waals surface area (Å²) in [4.78, 5) is 0. The van der Waals surface area contributed by atoms with Crippen molar-refractivity contribution in [3.8, 4) is 6.07 Å². The maximum absolute atomic E-state index is 9.13. The van der Waals surface area contributed by atoms with E-state index in [-0.39, 0.29) is 12.1 Å². The van der Waals surface area contributed by atoms with E-state index in [1.165, 1.54) is 0 Å². The van der Waals surface area contributed by atoms with Gasteiger partial charge in [-0.05, 0) is 25.8 Å². The fourth-order valence-electron chi connectivity index (χ4n) is 1.45. The van der Waals surface area contributed by atoms with Crippen molar-refractivity contribution in [1.82, 2.24) is 5.32 Å². The molecule has 0 aromatic carbocycles. The molecule has 0 fully saturated rings. The number of nitrogens with zero attached hydrogens (tertiary/aromatic N) is 1. The molecule has 0 amide bonds. The van der Waals surface area contributed by atoms with Gasteiger partial charge in [-0.15, -0.1) is 0 Å². The largest absolute Gasteiger partial charge is 0.396 e. The van der Waals surface area contributed by atoms with E-state index < -0.39 is 0 Å². The molecule has 0 aliphatic carbocycles. The Labute approximate surface area is 87.1 Å². The molecule has 3 heteroatoms. The smallest absolute Gasteiger partial charge is 0.106 e. The summed E-state index contributed by atoms with van der Waals surface area (Å²) < 4.78 is 0. The number of unbranched alkanes of at least 4 members (excludes halogenated alkanes) is 1. The van der Waals surface area contributed by atoms with E-state index in [4.69, 9.17) is 10.4 Å². The van der Waals surface area contributed by atoms with Gasteiger partial charge in [0.15, 0.2) is 0 Å². The zero-order valence-electron chi connectivity index (χ0n) is 9.34. The van der Waals surface area contributed by atoms with E-state index in [2.05, 4.69) is 18.3 Å². The molecule has 14 heavy (non-hydrogen) atoms. The molecule has 0 saturated carbocycles. The zero-order chi connectivity index (χ0) is 10.9. The van der Waals surface area contributed by atoms with Gasteiger partial charge in [0.25, 0.3) is 0 Å². The molecule has 1 unspecified atom stereocenters. The second-order valence-electron chi connectivity index (χ2n) is 3.65. The lowest BCUT2D eigenvalue weighted by Crippen LogP contribution is -2.44. The van der Waals surface area contributed by atoms with Crippen molar-refractivity contribution in [3.63, 3.8) is 0 Å². The molecule has 0 aromatic rings. The van der Waals surface area contributed by atoms with E-state index >= 15 is 0 Å². The first-order valence-electron chi connectivity index (χ1n) is 5.51. The quantitative estimate of drug-likeness (QED) is 0.585. The van der Waals surface area contributed by atoms with Gasteiger partial charge in [0.2, 0.25) is 0 Å². The van der Waals surface area contributed by atoms with Gasteiger partial charge in [0, 0.05) is 6.61 Å². The second-order valence-corrected chi connectivity index (χ2v) is 3.65. The second kappa shape index (κ2) is 7.78. The van der Waals surface area contributed by atoms with Gasteiger partial charge >= 0.3 is 0 Å². The van der Waals surface area contributed by atoms with E-state index in [1.807, 2.05) is 6.92 Å². The Balaban J connectivity index is 4.03. The van der Waals surface area contributed by atoms with Crippen molar-refractivity contribution < 1.29 is 5.11 Å². The Morgan fingerprint density at radius 3 is 2.50 bits per heavy atom. The highest BCUT2D eigenvalue weighted by atomic mass is 16.3. The molecule has 0 heterocycles. The van der Waals surface area contributed by atoms with Crippen molar-refractivity contribution in [2.45, 2.75) is 51.5 Å². The van der Waals surface area contributed by atoms with Gasteiger partial charge in [0.05, 0.1) is 6.07 Å². The summed E-state index contributed by atoms with van der Waals surface area (Å²) in [5, 5.41) is 21.0. The van der Waals surface area contributed by atoms with Crippen molar-refractivity contribution in [1.29, 1.82) is 5.26 Å². The molecule has 0 rings (SSSR count). The Morgan fingerprint density at radius 2 is 2.07 bits per heavy atom. The Hall–Kier alpha value is -0.590. The molecular formula is C11H22N2O. The summed E-state index contributed by atoms with van der Waals surface area (Å²) in [5.74, 6) is 0. The third-order valence-corrected chi connectivity index (χ3v) is 2.57. The highest BCUT2D eigenvalue weighted by molar-refractivity contribution is 5.05. The number of aliphatic hydroxyl groups is 1. The number of aliphatic hydroxyl groups excluding tert-OH is 1. The maximum atomic E-state index is 9.13. The molecule has 0 radical (unpaired) electrons. The van der Waals surface area contributed by atoms with Gasteiger partial charge in [-0.2, -0.15) is 5.26 Å². The van der Waals surface area contributed by atoms with Crippen molar-refractivity contribution in [2.24, 2.45) is 0 Å². The van der Waals surface area contributed by atoms with Gasteiger partial charge in [-0.25, -0.2) is 0 Å². The lowest BCUT2D eigenvalue weighted by atomic mass is 9.91. The Bertz CT molecular complexity index is 177. The average molecular weight is 198 g/mol. The lowest BCUT2D eigenvalue weighted by Gasteiger charge is -2.26. The summed E-state index contributed by atoms with van der Waals surface area (Å²) in [6, 6.07) is 2.37. The number of hydrogen-bond acceptors (Lipinski definition) is 3. The average Bonchev–Trinajstić information content (AvgIpc) is 2.24. The monoisotopic (exact) mass is 198 g/mol. The minimum atomic E-state index is -0.370. The molecule has 1 atom stereocenters. The first-order chi connectivity index (χ1) is 6.74. The summed E-state index contributed by atoms with van der Waals surface area (Å²) in [6.07, 6.45) is 4.64. The third kappa shape index (κ3) is 4.59. The molecular weight excluding hydrogens is 176 g/mol. The Morgan fingerprint density at radius 1 is 1.36 bits per heavy atom.